The molecule has 1 fully saturated rings. The van der Waals surface area contributed by atoms with Crippen LogP contribution in [0.3, 0.4) is 0 Å². The van der Waals surface area contributed by atoms with Crippen LogP contribution in [0.1, 0.15) is 47.0 Å². The van der Waals surface area contributed by atoms with Crippen molar-refractivity contribution < 1.29 is 4.79 Å². The lowest BCUT2D eigenvalue weighted by Gasteiger charge is -2.38. The Morgan fingerprint density at radius 1 is 1.46 bits per heavy atom. The van der Waals surface area contributed by atoms with Gasteiger partial charge < -0.3 is 0 Å². The third-order valence-corrected chi connectivity index (χ3v) is 4.45. The van der Waals surface area contributed by atoms with Crippen LogP contribution in [0.4, 0.5) is 0 Å². The number of rotatable bonds is 2. The van der Waals surface area contributed by atoms with Crippen LogP contribution in [0.5, 0.6) is 0 Å². The van der Waals surface area contributed by atoms with Crippen molar-refractivity contribution in [2.45, 2.75) is 57.5 Å². The topological polar surface area (TPSA) is 17.1 Å². The molecule has 1 aliphatic carbocycles. The van der Waals surface area contributed by atoms with E-state index in [0.29, 0.717) is 21.7 Å². The van der Waals surface area contributed by atoms with Crippen molar-refractivity contribution in [2.24, 2.45) is 5.41 Å². The smallest absolute Gasteiger partial charge is 0.134 e. The van der Waals surface area contributed by atoms with E-state index in [9.17, 15) is 4.79 Å². The van der Waals surface area contributed by atoms with Gasteiger partial charge in [0.25, 0.3) is 0 Å². The van der Waals surface area contributed by atoms with Gasteiger partial charge in [-0.05, 0) is 17.1 Å². The molecule has 0 radical (unpaired) electrons. The molecule has 0 bridgehead atoms. The van der Waals surface area contributed by atoms with Crippen LogP contribution in [0.2, 0.25) is 0 Å². The fourth-order valence-electron chi connectivity index (χ4n) is 1.77. The van der Waals surface area contributed by atoms with Crippen molar-refractivity contribution in [1.29, 1.82) is 0 Å². The van der Waals surface area contributed by atoms with E-state index in [1.165, 1.54) is 0 Å². The van der Waals surface area contributed by atoms with Crippen molar-refractivity contribution in [3.05, 3.63) is 0 Å². The van der Waals surface area contributed by atoms with Crippen molar-refractivity contribution in [2.75, 3.05) is 0 Å². The zero-order chi connectivity index (χ0) is 10.1. The zero-order valence-electron chi connectivity index (χ0n) is 9.09. The van der Waals surface area contributed by atoms with Crippen molar-refractivity contribution in [1.82, 2.24) is 0 Å². The summed E-state index contributed by atoms with van der Waals surface area (Å²) in [5, 5.41) is 1.17. The monoisotopic (exact) mass is 200 g/mol. The van der Waals surface area contributed by atoms with Gasteiger partial charge in [0.2, 0.25) is 0 Å². The Kier molecular flexibility index (Phi) is 3.44. The van der Waals surface area contributed by atoms with E-state index in [4.69, 9.17) is 0 Å². The first-order valence-electron chi connectivity index (χ1n) is 5.09. The maximum Gasteiger partial charge on any atom is 0.134 e. The van der Waals surface area contributed by atoms with Gasteiger partial charge in [-0.1, -0.05) is 27.7 Å². The average molecular weight is 200 g/mol. The van der Waals surface area contributed by atoms with Crippen molar-refractivity contribution in [3.63, 3.8) is 0 Å². The van der Waals surface area contributed by atoms with Crippen molar-refractivity contribution in [3.8, 4) is 0 Å². The van der Waals surface area contributed by atoms with E-state index in [1.807, 2.05) is 11.8 Å². The molecule has 1 rings (SSSR count). The molecule has 0 N–H and O–H groups in total. The second-order valence-electron chi connectivity index (χ2n) is 4.90. The highest BCUT2D eigenvalue weighted by molar-refractivity contribution is 8.00. The molecule has 2 heteroatoms. The van der Waals surface area contributed by atoms with Crippen LogP contribution in [0.25, 0.3) is 0 Å². The molecule has 13 heavy (non-hydrogen) atoms. The molecule has 0 aromatic rings. The summed E-state index contributed by atoms with van der Waals surface area (Å²) in [5.41, 5.74) is 0.350. The van der Waals surface area contributed by atoms with Crippen LogP contribution >= 0.6 is 11.8 Å². The SMILES string of the molecule is CC(C)SC1CC(=O)CCC1(C)C. The molecular formula is C11H20OS. The Balaban J connectivity index is 2.61. The van der Waals surface area contributed by atoms with E-state index in [0.717, 1.165) is 19.3 Å². The van der Waals surface area contributed by atoms with E-state index in [1.54, 1.807) is 0 Å². The second-order valence-corrected chi connectivity index (χ2v) is 6.69. The fraction of sp³-hybridized carbons (Fsp3) is 0.909. The molecule has 1 nitrogen and oxygen atoms in total. The summed E-state index contributed by atoms with van der Waals surface area (Å²) in [6.07, 6.45) is 2.65. The lowest BCUT2D eigenvalue weighted by atomic mass is 9.76. The average Bonchev–Trinajstić information content (AvgIpc) is 1.97. The number of hydrogen-bond donors (Lipinski definition) is 0. The largest absolute Gasteiger partial charge is 0.300 e. The minimum absolute atomic E-state index is 0.350. The van der Waals surface area contributed by atoms with Gasteiger partial charge in [-0.3, -0.25) is 4.79 Å². The maximum absolute atomic E-state index is 11.3. The van der Waals surface area contributed by atoms with E-state index in [2.05, 4.69) is 27.7 Å². The third-order valence-electron chi connectivity index (χ3n) is 2.77. The molecule has 1 saturated carbocycles. The summed E-state index contributed by atoms with van der Waals surface area (Å²) in [6, 6.07) is 0. The zero-order valence-corrected chi connectivity index (χ0v) is 9.91. The lowest BCUT2D eigenvalue weighted by Crippen LogP contribution is -2.35. The predicted octanol–water partition coefficient (Wildman–Crippen LogP) is 3.28. The van der Waals surface area contributed by atoms with Crippen LogP contribution < -0.4 is 0 Å². The number of hydrogen-bond acceptors (Lipinski definition) is 2. The molecule has 1 aliphatic rings. The van der Waals surface area contributed by atoms with E-state index >= 15 is 0 Å². The molecule has 0 aliphatic heterocycles. The highest BCUT2D eigenvalue weighted by Crippen LogP contribution is 2.42. The van der Waals surface area contributed by atoms with Gasteiger partial charge in [-0.2, -0.15) is 11.8 Å². The minimum atomic E-state index is 0.350. The molecule has 1 atom stereocenters. The highest BCUT2D eigenvalue weighted by Gasteiger charge is 2.36. The summed E-state index contributed by atoms with van der Waals surface area (Å²) in [4.78, 5) is 11.3. The van der Waals surface area contributed by atoms with Crippen LogP contribution in [-0.4, -0.2) is 16.3 Å². The van der Waals surface area contributed by atoms with Gasteiger partial charge in [-0.15, -0.1) is 0 Å². The summed E-state index contributed by atoms with van der Waals surface area (Å²) >= 11 is 1.97. The van der Waals surface area contributed by atoms with Gasteiger partial charge in [0, 0.05) is 18.1 Å². The van der Waals surface area contributed by atoms with Gasteiger partial charge in [0.1, 0.15) is 5.78 Å². The Morgan fingerprint density at radius 2 is 2.08 bits per heavy atom. The highest BCUT2D eigenvalue weighted by atomic mass is 32.2. The molecule has 1 unspecified atom stereocenters. The molecule has 0 aromatic carbocycles. The maximum atomic E-state index is 11.3. The van der Waals surface area contributed by atoms with Crippen molar-refractivity contribution >= 4 is 17.5 Å². The fourth-order valence-corrected chi connectivity index (χ4v) is 3.19. The van der Waals surface area contributed by atoms with E-state index < -0.39 is 0 Å². The summed E-state index contributed by atoms with van der Waals surface area (Å²) in [7, 11) is 0. The molecule has 0 spiro atoms. The first-order chi connectivity index (χ1) is 5.92. The van der Waals surface area contributed by atoms with Gasteiger partial charge in [0.15, 0.2) is 0 Å². The van der Waals surface area contributed by atoms with Crippen LogP contribution in [-0.2, 0) is 4.79 Å². The van der Waals surface area contributed by atoms with E-state index in [-0.39, 0.29) is 0 Å². The van der Waals surface area contributed by atoms with Gasteiger partial charge in [-0.25, -0.2) is 0 Å². The van der Waals surface area contributed by atoms with Gasteiger partial charge in [0.05, 0.1) is 0 Å². The second kappa shape index (κ2) is 4.04. The summed E-state index contributed by atoms with van der Waals surface area (Å²) in [6.45, 7) is 9.00. The standard InChI is InChI=1S/C11H20OS/c1-8(2)13-10-7-9(12)5-6-11(10,3)4/h8,10H,5-7H2,1-4H3. The van der Waals surface area contributed by atoms with Crippen LogP contribution in [0, 0.1) is 5.41 Å². The molecule has 0 heterocycles. The number of thioether (sulfide) groups is 1. The quantitative estimate of drug-likeness (QED) is 0.680. The normalized spacial score (nSPS) is 28.1. The molecule has 76 valence electrons. The molecule has 0 saturated heterocycles. The van der Waals surface area contributed by atoms with Gasteiger partial charge >= 0.3 is 0 Å². The van der Waals surface area contributed by atoms with Crippen LogP contribution in [0.15, 0.2) is 0 Å². The molecule has 0 aromatic heterocycles. The Morgan fingerprint density at radius 3 is 2.62 bits per heavy atom. The first kappa shape index (κ1) is 11.1. The first-order valence-corrected chi connectivity index (χ1v) is 6.03. The lowest BCUT2D eigenvalue weighted by molar-refractivity contribution is -0.121. The number of carbonyl (C=O) groups excluding carboxylic acids is 1. The Bertz CT molecular complexity index is 196. The number of ketones is 1. The predicted molar refractivity (Wildman–Crippen MR) is 59.2 cm³/mol. The Labute approximate surface area is 85.7 Å². The Hall–Kier alpha value is 0.0200. The molecule has 0 amide bonds. The minimum Gasteiger partial charge on any atom is -0.300 e. The number of Topliss-reactive ketones (excluding diaryl/α,β-unsaturated/α-hetero) is 1. The number of carbonyl (C=O) groups is 1. The third kappa shape index (κ3) is 3.01. The molecular weight excluding hydrogens is 180 g/mol. The summed E-state index contributed by atoms with van der Waals surface area (Å²) in [5.74, 6) is 0.456. The summed E-state index contributed by atoms with van der Waals surface area (Å²) < 4.78 is 0.